The highest BCUT2D eigenvalue weighted by atomic mass is 16.5. The Kier molecular flexibility index (Phi) is 6.19. The molecule has 0 spiro atoms. The van der Waals surface area contributed by atoms with Crippen molar-refractivity contribution in [3.8, 4) is 11.8 Å². The lowest BCUT2D eigenvalue weighted by Crippen LogP contribution is -2.04. The molecule has 0 atom stereocenters. The molecule has 2 aromatic carbocycles. The molecular weight excluding hydrogens is 322 g/mol. The van der Waals surface area contributed by atoms with Gasteiger partial charge in [0.2, 0.25) is 0 Å². The minimum absolute atomic E-state index is 0.211. The minimum Gasteiger partial charge on any atom is -0.374 e. The van der Waals surface area contributed by atoms with Gasteiger partial charge in [-0.3, -0.25) is 0 Å². The van der Waals surface area contributed by atoms with Crippen molar-refractivity contribution in [1.82, 2.24) is 9.97 Å². The van der Waals surface area contributed by atoms with Crippen LogP contribution >= 0.6 is 0 Å². The molecule has 0 bridgehead atoms. The van der Waals surface area contributed by atoms with Crippen LogP contribution in [0.1, 0.15) is 31.4 Å². The van der Waals surface area contributed by atoms with Gasteiger partial charge in [-0.05, 0) is 37.6 Å². The predicted octanol–water partition coefficient (Wildman–Crippen LogP) is 4.41. The lowest BCUT2D eigenvalue weighted by molar-refractivity contribution is 0.0656. The largest absolute Gasteiger partial charge is 0.374 e. The first-order valence-corrected chi connectivity index (χ1v) is 8.86. The molecule has 0 amide bonds. The lowest BCUT2D eigenvalue weighted by Gasteiger charge is -2.09. The number of hydrogen-bond acceptors (Lipinski definition) is 4. The zero-order valence-corrected chi connectivity index (χ0v) is 15.2. The number of nitrogens with zero attached hydrogens (tertiary/aromatic N) is 2. The molecule has 0 saturated heterocycles. The SMILES string of the molecule is CC(C)OCc1ccccc1C#CCCNc1ncnc2ccccc12. The fourth-order valence-corrected chi connectivity index (χ4v) is 2.57. The number of hydrogen-bond donors (Lipinski definition) is 1. The molecule has 0 fully saturated rings. The Bertz CT molecular complexity index is 920. The van der Waals surface area contributed by atoms with Crippen LogP contribution in [0.3, 0.4) is 0 Å². The summed E-state index contributed by atoms with van der Waals surface area (Å²) >= 11 is 0. The zero-order valence-electron chi connectivity index (χ0n) is 15.2. The van der Waals surface area contributed by atoms with Crippen LogP contribution in [0.25, 0.3) is 10.9 Å². The fourth-order valence-electron chi connectivity index (χ4n) is 2.57. The summed E-state index contributed by atoms with van der Waals surface area (Å²) in [6, 6.07) is 16.1. The van der Waals surface area contributed by atoms with Crippen molar-refractivity contribution in [2.45, 2.75) is 33.0 Å². The van der Waals surface area contributed by atoms with Crippen LogP contribution < -0.4 is 5.32 Å². The number of anilines is 1. The third-order valence-corrected chi connectivity index (χ3v) is 3.90. The van der Waals surface area contributed by atoms with Gasteiger partial charge in [-0.25, -0.2) is 9.97 Å². The first-order valence-electron chi connectivity index (χ1n) is 8.86. The molecule has 0 radical (unpaired) electrons. The quantitative estimate of drug-likeness (QED) is 0.531. The minimum atomic E-state index is 0.211. The van der Waals surface area contributed by atoms with Crippen molar-refractivity contribution in [3.05, 3.63) is 66.0 Å². The standard InChI is InChI=1S/C22H23N3O/c1-17(2)26-15-19-11-4-3-9-18(19)10-7-8-14-23-22-20-12-5-6-13-21(20)24-16-25-22/h3-6,9,11-13,16-17H,8,14-15H2,1-2H3,(H,23,24,25). The predicted molar refractivity (Wildman–Crippen MR) is 106 cm³/mol. The van der Waals surface area contributed by atoms with E-state index in [-0.39, 0.29) is 6.10 Å². The van der Waals surface area contributed by atoms with Gasteiger partial charge in [0.05, 0.1) is 18.2 Å². The summed E-state index contributed by atoms with van der Waals surface area (Å²) in [5.41, 5.74) is 3.10. The second-order valence-electron chi connectivity index (χ2n) is 6.23. The molecule has 26 heavy (non-hydrogen) atoms. The number of para-hydroxylation sites is 1. The molecule has 4 nitrogen and oxygen atoms in total. The van der Waals surface area contributed by atoms with Crippen molar-refractivity contribution in [2.24, 2.45) is 0 Å². The van der Waals surface area contributed by atoms with Gasteiger partial charge in [-0.15, -0.1) is 0 Å². The fraction of sp³-hybridized carbons (Fsp3) is 0.273. The summed E-state index contributed by atoms with van der Waals surface area (Å²) in [5, 5.41) is 4.38. The van der Waals surface area contributed by atoms with Crippen molar-refractivity contribution in [3.63, 3.8) is 0 Å². The lowest BCUT2D eigenvalue weighted by atomic mass is 10.1. The number of nitrogens with one attached hydrogen (secondary N) is 1. The Morgan fingerprint density at radius 1 is 1.04 bits per heavy atom. The topological polar surface area (TPSA) is 47.0 Å². The monoisotopic (exact) mass is 345 g/mol. The Hall–Kier alpha value is -2.90. The molecule has 4 heteroatoms. The molecule has 0 aliphatic heterocycles. The molecule has 1 N–H and O–H groups in total. The van der Waals surface area contributed by atoms with Crippen molar-refractivity contribution >= 4 is 16.7 Å². The summed E-state index contributed by atoms with van der Waals surface area (Å²) in [6.07, 6.45) is 2.53. The number of fused-ring (bicyclic) bond motifs is 1. The van der Waals surface area contributed by atoms with Crippen LogP contribution in [-0.4, -0.2) is 22.6 Å². The van der Waals surface area contributed by atoms with E-state index in [0.717, 1.165) is 40.8 Å². The summed E-state index contributed by atoms with van der Waals surface area (Å²) < 4.78 is 5.70. The van der Waals surface area contributed by atoms with E-state index in [1.165, 1.54) is 0 Å². The molecular formula is C22H23N3O. The van der Waals surface area contributed by atoms with E-state index < -0.39 is 0 Å². The highest BCUT2D eigenvalue weighted by Gasteiger charge is 2.02. The number of rotatable bonds is 6. The van der Waals surface area contributed by atoms with E-state index in [9.17, 15) is 0 Å². The average molecular weight is 345 g/mol. The van der Waals surface area contributed by atoms with Crippen LogP contribution in [0.4, 0.5) is 5.82 Å². The van der Waals surface area contributed by atoms with Crippen LogP contribution in [-0.2, 0) is 11.3 Å². The third kappa shape index (κ3) is 4.81. The van der Waals surface area contributed by atoms with Crippen LogP contribution in [0, 0.1) is 11.8 Å². The maximum Gasteiger partial charge on any atom is 0.137 e. The first-order chi connectivity index (χ1) is 12.7. The third-order valence-electron chi connectivity index (χ3n) is 3.90. The summed E-state index contributed by atoms with van der Waals surface area (Å²) in [7, 11) is 0. The van der Waals surface area contributed by atoms with E-state index >= 15 is 0 Å². The second-order valence-corrected chi connectivity index (χ2v) is 6.23. The Balaban J connectivity index is 1.59. The highest BCUT2D eigenvalue weighted by Crippen LogP contribution is 2.18. The average Bonchev–Trinajstić information content (AvgIpc) is 2.67. The van der Waals surface area contributed by atoms with E-state index in [4.69, 9.17) is 4.74 Å². The molecule has 132 valence electrons. The molecule has 0 unspecified atom stereocenters. The Morgan fingerprint density at radius 3 is 2.73 bits per heavy atom. The zero-order chi connectivity index (χ0) is 18.2. The van der Waals surface area contributed by atoms with Gasteiger partial charge in [-0.1, -0.05) is 42.2 Å². The van der Waals surface area contributed by atoms with Crippen LogP contribution in [0.15, 0.2) is 54.9 Å². The van der Waals surface area contributed by atoms with E-state index in [2.05, 4.69) is 33.2 Å². The van der Waals surface area contributed by atoms with Crippen molar-refractivity contribution in [1.29, 1.82) is 0 Å². The number of benzene rings is 2. The van der Waals surface area contributed by atoms with Crippen molar-refractivity contribution < 1.29 is 4.74 Å². The molecule has 3 aromatic rings. The normalized spacial score (nSPS) is 10.6. The molecule has 3 rings (SSSR count). The Morgan fingerprint density at radius 2 is 1.85 bits per heavy atom. The number of ether oxygens (including phenoxy) is 1. The first kappa shape index (κ1) is 17.9. The Labute approximate surface area is 154 Å². The van der Waals surface area contributed by atoms with Gasteiger partial charge in [0.25, 0.3) is 0 Å². The van der Waals surface area contributed by atoms with Crippen LogP contribution in [0.2, 0.25) is 0 Å². The van der Waals surface area contributed by atoms with Gasteiger partial charge in [0, 0.05) is 23.9 Å². The van der Waals surface area contributed by atoms with Gasteiger partial charge in [-0.2, -0.15) is 0 Å². The van der Waals surface area contributed by atoms with Gasteiger partial charge >= 0.3 is 0 Å². The summed E-state index contributed by atoms with van der Waals surface area (Å²) in [6.45, 7) is 5.40. The molecule has 0 saturated carbocycles. The maximum atomic E-state index is 5.70. The molecule has 0 aliphatic carbocycles. The summed E-state index contributed by atoms with van der Waals surface area (Å²) in [4.78, 5) is 8.61. The van der Waals surface area contributed by atoms with E-state index in [1.54, 1.807) is 6.33 Å². The molecule has 1 aromatic heterocycles. The van der Waals surface area contributed by atoms with E-state index in [1.807, 2.05) is 56.3 Å². The van der Waals surface area contributed by atoms with Crippen molar-refractivity contribution in [2.75, 3.05) is 11.9 Å². The highest BCUT2D eigenvalue weighted by molar-refractivity contribution is 5.88. The summed E-state index contributed by atoms with van der Waals surface area (Å²) in [5.74, 6) is 7.34. The molecule has 0 aliphatic rings. The van der Waals surface area contributed by atoms with E-state index in [0.29, 0.717) is 6.61 Å². The van der Waals surface area contributed by atoms with Gasteiger partial charge < -0.3 is 10.1 Å². The van der Waals surface area contributed by atoms with Gasteiger partial charge in [0.15, 0.2) is 0 Å². The molecule has 1 heterocycles. The number of aromatic nitrogens is 2. The van der Waals surface area contributed by atoms with Gasteiger partial charge in [0.1, 0.15) is 12.1 Å². The smallest absolute Gasteiger partial charge is 0.137 e. The van der Waals surface area contributed by atoms with Crippen LogP contribution in [0.5, 0.6) is 0 Å². The second kappa shape index (κ2) is 8.98. The maximum absolute atomic E-state index is 5.70.